The monoisotopic (exact) mass is 492 g/mol. The minimum atomic E-state index is -0.224. The second-order valence-electron chi connectivity index (χ2n) is 8.03. The Kier molecular flexibility index (Phi) is 6.39. The second-order valence-corrected chi connectivity index (χ2v) is 9.45. The molecule has 4 aromatic rings. The molecule has 1 saturated heterocycles. The molecule has 3 aromatic heterocycles. The van der Waals surface area contributed by atoms with Gasteiger partial charge in [0.2, 0.25) is 17.5 Å². The van der Waals surface area contributed by atoms with Crippen molar-refractivity contribution >= 4 is 34.7 Å². The zero-order valence-electron chi connectivity index (χ0n) is 18.1. The Hall–Kier alpha value is -3.54. The van der Waals surface area contributed by atoms with Crippen molar-refractivity contribution in [2.24, 2.45) is 5.92 Å². The molecule has 1 aromatic carbocycles. The molecule has 1 aliphatic heterocycles. The van der Waals surface area contributed by atoms with Crippen molar-refractivity contribution in [3.63, 3.8) is 0 Å². The Morgan fingerprint density at radius 2 is 2.00 bits per heavy atom. The molecule has 0 saturated carbocycles. The van der Waals surface area contributed by atoms with Gasteiger partial charge in [0.25, 0.3) is 5.89 Å². The van der Waals surface area contributed by atoms with Crippen LogP contribution in [-0.2, 0) is 4.79 Å². The zero-order chi connectivity index (χ0) is 23.5. The molecule has 1 atom stereocenters. The molecule has 34 heavy (non-hydrogen) atoms. The van der Waals surface area contributed by atoms with Gasteiger partial charge in [-0.3, -0.25) is 4.79 Å². The van der Waals surface area contributed by atoms with Crippen LogP contribution in [-0.4, -0.2) is 24.0 Å². The lowest BCUT2D eigenvalue weighted by atomic mass is 9.94. The van der Waals surface area contributed by atoms with Crippen LogP contribution >= 0.6 is 22.9 Å². The first-order valence-electron chi connectivity index (χ1n) is 10.9. The van der Waals surface area contributed by atoms with Crippen LogP contribution in [0.2, 0.25) is 5.02 Å². The molecule has 0 spiro atoms. The molecule has 7 nitrogen and oxygen atoms in total. The number of carbonyl (C=O) groups excluding carboxylic acids is 1. The van der Waals surface area contributed by atoms with Crippen molar-refractivity contribution in [1.29, 1.82) is 5.26 Å². The molecule has 1 aliphatic rings. The predicted molar refractivity (Wildman–Crippen MR) is 130 cm³/mol. The lowest BCUT2D eigenvalue weighted by Gasteiger charge is -2.32. The third-order valence-corrected chi connectivity index (χ3v) is 7.11. The summed E-state index contributed by atoms with van der Waals surface area (Å²) in [6, 6.07) is 16.9. The van der Waals surface area contributed by atoms with Gasteiger partial charge in [0, 0.05) is 28.9 Å². The molecule has 9 heteroatoms. The summed E-state index contributed by atoms with van der Waals surface area (Å²) < 4.78 is 11.2. The Bertz CT molecular complexity index is 1290. The standard InChI is InChI=1S/C25H21ClN4O3S/c26-18-7-5-16(6-8-18)22(21-4-2-14-34-21)29-23(31)17-9-11-30(12-10-17)25-19(15-27)28-24(33-25)20-3-1-13-32-20/h1-8,13-14,17,22H,9-12H2,(H,29,31). The summed E-state index contributed by atoms with van der Waals surface area (Å²) >= 11 is 7.67. The van der Waals surface area contributed by atoms with Gasteiger partial charge in [-0.1, -0.05) is 29.8 Å². The molecule has 0 aliphatic carbocycles. The van der Waals surface area contributed by atoms with Crippen LogP contribution in [0.5, 0.6) is 0 Å². The van der Waals surface area contributed by atoms with Crippen molar-refractivity contribution in [2.45, 2.75) is 18.9 Å². The Morgan fingerprint density at radius 1 is 1.21 bits per heavy atom. The van der Waals surface area contributed by atoms with Crippen LogP contribution in [0.25, 0.3) is 11.7 Å². The highest BCUT2D eigenvalue weighted by molar-refractivity contribution is 7.10. The van der Waals surface area contributed by atoms with Gasteiger partial charge in [0.15, 0.2) is 5.76 Å². The topological polar surface area (TPSA) is 95.3 Å². The minimum Gasteiger partial charge on any atom is -0.459 e. The number of hydrogen-bond donors (Lipinski definition) is 1. The first kappa shape index (κ1) is 22.3. The lowest BCUT2D eigenvalue weighted by molar-refractivity contribution is -0.126. The van der Waals surface area contributed by atoms with E-state index in [1.807, 2.05) is 46.7 Å². The number of carbonyl (C=O) groups is 1. The Balaban J connectivity index is 1.27. The number of hydrogen-bond acceptors (Lipinski definition) is 7. The molecule has 1 unspecified atom stereocenters. The van der Waals surface area contributed by atoms with E-state index >= 15 is 0 Å². The number of nitrogens with one attached hydrogen (secondary N) is 1. The SMILES string of the molecule is N#Cc1nc(-c2ccco2)oc1N1CCC(C(=O)NC(c2ccc(Cl)cc2)c2cccs2)CC1. The highest BCUT2D eigenvalue weighted by Gasteiger charge is 2.31. The smallest absolute Gasteiger partial charge is 0.266 e. The fourth-order valence-corrected chi connectivity index (χ4v) is 5.07. The van der Waals surface area contributed by atoms with Crippen molar-refractivity contribution in [3.8, 4) is 17.7 Å². The maximum absolute atomic E-state index is 13.2. The summed E-state index contributed by atoms with van der Waals surface area (Å²) in [4.78, 5) is 20.5. The van der Waals surface area contributed by atoms with Crippen molar-refractivity contribution in [3.05, 3.63) is 81.3 Å². The zero-order valence-corrected chi connectivity index (χ0v) is 19.7. The number of anilines is 1. The minimum absolute atomic E-state index is 0.0161. The van der Waals surface area contributed by atoms with E-state index in [1.54, 1.807) is 23.5 Å². The number of thiophene rings is 1. The second kappa shape index (κ2) is 9.75. The highest BCUT2D eigenvalue weighted by atomic mass is 35.5. The van der Waals surface area contributed by atoms with Crippen LogP contribution in [0.4, 0.5) is 5.88 Å². The summed E-state index contributed by atoms with van der Waals surface area (Å²) in [5, 5.41) is 15.4. The lowest BCUT2D eigenvalue weighted by Crippen LogP contribution is -2.41. The van der Waals surface area contributed by atoms with Gasteiger partial charge >= 0.3 is 0 Å². The average Bonchev–Trinajstić information content (AvgIpc) is 3.64. The van der Waals surface area contributed by atoms with Crippen molar-refractivity contribution in [2.75, 3.05) is 18.0 Å². The van der Waals surface area contributed by atoms with Crippen molar-refractivity contribution < 1.29 is 13.6 Å². The molecular weight excluding hydrogens is 472 g/mol. The predicted octanol–water partition coefficient (Wildman–Crippen LogP) is 5.64. The van der Waals surface area contributed by atoms with E-state index in [4.69, 9.17) is 20.4 Å². The van der Waals surface area contributed by atoms with Gasteiger partial charge in [-0.25, -0.2) is 0 Å². The van der Waals surface area contributed by atoms with Gasteiger partial charge in [-0.15, -0.1) is 11.3 Å². The molecule has 1 amide bonds. The number of nitriles is 1. The van der Waals surface area contributed by atoms with Crippen LogP contribution in [0.15, 0.2) is 69.0 Å². The summed E-state index contributed by atoms with van der Waals surface area (Å²) in [7, 11) is 0. The third kappa shape index (κ3) is 4.58. The average molecular weight is 493 g/mol. The number of halogens is 1. The van der Waals surface area contributed by atoms with Crippen LogP contribution in [0.3, 0.4) is 0 Å². The van der Waals surface area contributed by atoms with E-state index in [0.717, 1.165) is 10.4 Å². The van der Waals surface area contributed by atoms with Gasteiger partial charge in [-0.05, 0) is 54.1 Å². The molecular formula is C25H21ClN4O3S. The number of oxazole rings is 1. The molecule has 4 heterocycles. The van der Waals surface area contributed by atoms with Crippen molar-refractivity contribution in [1.82, 2.24) is 10.3 Å². The molecule has 1 fully saturated rings. The molecule has 1 N–H and O–H groups in total. The summed E-state index contributed by atoms with van der Waals surface area (Å²) in [5.41, 5.74) is 1.21. The number of nitrogens with zero attached hydrogens (tertiary/aromatic N) is 3. The molecule has 172 valence electrons. The third-order valence-electron chi connectivity index (χ3n) is 5.92. The maximum atomic E-state index is 13.2. The van der Waals surface area contributed by atoms with Gasteiger partial charge in [0.05, 0.1) is 12.3 Å². The first-order valence-corrected chi connectivity index (χ1v) is 12.2. The van der Waals surface area contributed by atoms with E-state index in [0.29, 0.717) is 42.6 Å². The quantitative estimate of drug-likeness (QED) is 0.374. The number of piperidine rings is 1. The molecule has 5 rings (SSSR count). The number of benzene rings is 1. The van der Waals surface area contributed by atoms with E-state index in [2.05, 4.69) is 16.4 Å². The largest absolute Gasteiger partial charge is 0.459 e. The normalized spacial score (nSPS) is 15.1. The number of amides is 1. The van der Waals surface area contributed by atoms with E-state index < -0.39 is 0 Å². The van der Waals surface area contributed by atoms with Gasteiger partial charge < -0.3 is 19.1 Å². The summed E-state index contributed by atoms with van der Waals surface area (Å²) in [6.07, 6.45) is 2.82. The number of furan rings is 1. The number of aromatic nitrogens is 1. The fourth-order valence-electron chi connectivity index (χ4n) is 4.14. The maximum Gasteiger partial charge on any atom is 0.266 e. The Labute approximate surface area is 205 Å². The van der Waals surface area contributed by atoms with E-state index in [-0.39, 0.29) is 29.5 Å². The first-order chi connectivity index (χ1) is 16.6. The summed E-state index contributed by atoms with van der Waals surface area (Å²) in [6.45, 7) is 1.17. The van der Waals surface area contributed by atoms with E-state index in [9.17, 15) is 10.1 Å². The van der Waals surface area contributed by atoms with E-state index in [1.165, 1.54) is 6.26 Å². The molecule has 0 radical (unpaired) electrons. The fraction of sp³-hybridized carbons (Fsp3) is 0.240. The van der Waals surface area contributed by atoms with Gasteiger partial charge in [-0.2, -0.15) is 10.2 Å². The molecule has 0 bridgehead atoms. The summed E-state index contributed by atoms with van der Waals surface area (Å²) in [5.74, 6) is 1.05. The van der Waals surface area contributed by atoms with Crippen LogP contribution in [0.1, 0.15) is 35.0 Å². The van der Waals surface area contributed by atoms with Crippen LogP contribution < -0.4 is 10.2 Å². The number of rotatable bonds is 6. The Morgan fingerprint density at radius 3 is 2.65 bits per heavy atom. The van der Waals surface area contributed by atoms with Gasteiger partial charge in [0.1, 0.15) is 6.07 Å². The highest BCUT2D eigenvalue weighted by Crippen LogP contribution is 2.32. The van der Waals surface area contributed by atoms with Crippen LogP contribution in [0, 0.1) is 17.2 Å².